The first kappa shape index (κ1) is 25.0. The molecule has 1 fully saturated rings. The molecule has 0 saturated carbocycles. The number of carbonyl (C=O) groups is 3. The Bertz CT molecular complexity index is 948. The zero-order chi connectivity index (χ0) is 23.7. The van der Waals surface area contributed by atoms with E-state index >= 15 is 0 Å². The highest BCUT2D eigenvalue weighted by atomic mass is 19.1. The molecule has 2 heterocycles. The second kappa shape index (κ2) is 11.9. The third-order valence-electron chi connectivity index (χ3n) is 4.95. The highest BCUT2D eigenvalue weighted by Gasteiger charge is 2.25. The van der Waals surface area contributed by atoms with Crippen LogP contribution in [-0.2, 0) is 19.1 Å². The van der Waals surface area contributed by atoms with Gasteiger partial charge in [-0.2, -0.15) is 0 Å². The van der Waals surface area contributed by atoms with Crippen molar-refractivity contribution in [2.45, 2.75) is 32.6 Å². The van der Waals surface area contributed by atoms with Crippen LogP contribution in [0.1, 0.15) is 38.3 Å². The number of benzene rings is 1. The smallest absolute Gasteiger partial charge is 0.328 e. The van der Waals surface area contributed by atoms with E-state index in [1.807, 2.05) is 0 Å². The fourth-order valence-electron chi connectivity index (χ4n) is 3.51. The third kappa shape index (κ3) is 8.10. The zero-order valence-corrected chi connectivity index (χ0v) is 18.0. The SMILES string of the molecule is CC(=O)OC[C@H](C)CN1CCC(c2noc3cc(F)ccc23)CC1.O=C(O)/C=C/C(=O)O. The number of likely N-dealkylation sites (tertiary alicyclic amines) is 1. The molecule has 1 atom stereocenters. The number of fused-ring (bicyclic) bond motifs is 1. The van der Waals surface area contributed by atoms with Gasteiger partial charge in [-0.1, -0.05) is 12.1 Å². The highest BCUT2D eigenvalue weighted by molar-refractivity contribution is 5.89. The number of nitrogens with zero attached hydrogens (tertiary/aromatic N) is 2. The minimum absolute atomic E-state index is 0.227. The second-order valence-corrected chi connectivity index (χ2v) is 7.70. The highest BCUT2D eigenvalue weighted by Crippen LogP contribution is 2.32. The summed E-state index contributed by atoms with van der Waals surface area (Å²) in [5, 5.41) is 20.7. The van der Waals surface area contributed by atoms with Crippen molar-refractivity contribution in [3.05, 3.63) is 41.9 Å². The van der Waals surface area contributed by atoms with Gasteiger partial charge in [0.15, 0.2) is 5.58 Å². The minimum Gasteiger partial charge on any atom is -0.478 e. The number of piperidine rings is 1. The van der Waals surface area contributed by atoms with Crippen LogP contribution in [0.3, 0.4) is 0 Å². The molecule has 2 aromatic rings. The molecule has 2 N–H and O–H groups in total. The van der Waals surface area contributed by atoms with Crippen molar-refractivity contribution in [1.82, 2.24) is 10.1 Å². The average molecular weight is 450 g/mol. The first-order valence-corrected chi connectivity index (χ1v) is 10.2. The number of esters is 1. The van der Waals surface area contributed by atoms with Gasteiger partial charge >= 0.3 is 17.9 Å². The van der Waals surface area contributed by atoms with Crippen molar-refractivity contribution in [3.63, 3.8) is 0 Å². The van der Waals surface area contributed by atoms with E-state index in [1.165, 1.54) is 19.1 Å². The van der Waals surface area contributed by atoms with Gasteiger partial charge in [0.05, 0.1) is 12.3 Å². The minimum atomic E-state index is -1.26. The summed E-state index contributed by atoms with van der Waals surface area (Å²) < 4.78 is 23.6. The van der Waals surface area contributed by atoms with Gasteiger partial charge in [-0.15, -0.1) is 0 Å². The van der Waals surface area contributed by atoms with E-state index in [2.05, 4.69) is 17.0 Å². The number of ether oxygens (including phenoxy) is 1. The number of halogens is 1. The molecule has 32 heavy (non-hydrogen) atoms. The van der Waals surface area contributed by atoms with Crippen LogP contribution in [-0.4, -0.2) is 64.4 Å². The molecule has 0 bridgehead atoms. The topological polar surface area (TPSA) is 130 Å². The number of carboxylic acids is 2. The predicted octanol–water partition coefficient (Wildman–Crippen LogP) is 3.06. The van der Waals surface area contributed by atoms with Crippen LogP contribution >= 0.6 is 0 Å². The zero-order valence-electron chi connectivity index (χ0n) is 18.0. The standard InChI is InChI=1S/C18H23FN2O3.C4H4O4/c1-12(11-23-13(2)22)10-21-7-5-14(6-8-21)18-16-4-3-15(19)9-17(16)24-20-18;5-3(6)1-2-4(7)8/h3-4,9,12,14H,5-8,10-11H2,1-2H3;1-2H,(H,5,6)(H,7,8)/b;2-1+/t12-;/m1./s1. The molecular formula is C22H27FN2O7. The molecule has 0 aliphatic carbocycles. The summed E-state index contributed by atoms with van der Waals surface area (Å²) in [6, 6.07) is 4.59. The molecule has 1 aromatic heterocycles. The van der Waals surface area contributed by atoms with Crippen molar-refractivity contribution in [2.24, 2.45) is 5.92 Å². The van der Waals surface area contributed by atoms with Gasteiger partial charge in [0, 0.05) is 48.9 Å². The molecule has 10 heteroatoms. The van der Waals surface area contributed by atoms with Crippen molar-refractivity contribution in [3.8, 4) is 0 Å². The molecule has 1 aromatic carbocycles. The van der Waals surface area contributed by atoms with Gasteiger partial charge in [0.25, 0.3) is 0 Å². The van der Waals surface area contributed by atoms with Gasteiger partial charge < -0.3 is 24.4 Å². The summed E-state index contributed by atoms with van der Waals surface area (Å²) in [5.41, 5.74) is 1.46. The summed E-state index contributed by atoms with van der Waals surface area (Å²) in [6.45, 7) is 6.87. The Labute approximate surface area is 184 Å². The Morgan fingerprint density at radius 3 is 2.44 bits per heavy atom. The Morgan fingerprint density at radius 2 is 1.88 bits per heavy atom. The van der Waals surface area contributed by atoms with E-state index in [0.29, 0.717) is 36.2 Å². The molecule has 0 spiro atoms. The fourth-order valence-corrected chi connectivity index (χ4v) is 3.51. The summed E-state index contributed by atoms with van der Waals surface area (Å²) in [5.74, 6) is -2.38. The largest absolute Gasteiger partial charge is 0.478 e. The van der Waals surface area contributed by atoms with E-state index < -0.39 is 11.9 Å². The first-order valence-electron chi connectivity index (χ1n) is 10.2. The van der Waals surface area contributed by atoms with Crippen LogP contribution in [0.5, 0.6) is 0 Å². The molecule has 1 aliphatic rings. The number of carboxylic acid groups (broad SMARTS) is 2. The summed E-state index contributed by atoms with van der Waals surface area (Å²) >= 11 is 0. The van der Waals surface area contributed by atoms with Crippen molar-refractivity contribution in [2.75, 3.05) is 26.2 Å². The van der Waals surface area contributed by atoms with Gasteiger partial charge in [0.2, 0.25) is 0 Å². The average Bonchev–Trinajstić information content (AvgIpc) is 3.15. The molecule has 3 rings (SSSR count). The number of hydrogen-bond acceptors (Lipinski definition) is 7. The van der Waals surface area contributed by atoms with Crippen LogP contribution in [0.15, 0.2) is 34.9 Å². The maximum atomic E-state index is 13.2. The van der Waals surface area contributed by atoms with Crippen LogP contribution in [0.25, 0.3) is 11.0 Å². The normalized spacial score (nSPS) is 15.8. The Kier molecular flexibility index (Phi) is 9.33. The first-order chi connectivity index (χ1) is 15.2. The fraction of sp³-hybridized carbons (Fsp3) is 0.455. The number of aliphatic carboxylic acids is 2. The summed E-state index contributed by atoms with van der Waals surface area (Å²) in [7, 11) is 0. The van der Waals surface area contributed by atoms with Gasteiger partial charge in [-0.25, -0.2) is 14.0 Å². The molecule has 0 radical (unpaired) electrons. The number of aromatic nitrogens is 1. The van der Waals surface area contributed by atoms with Crippen LogP contribution in [0, 0.1) is 11.7 Å². The molecular weight excluding hydrogens is 423 g/mol. The van der Waals surface area contributed by atoms with E-state index in [9.17, 15) is 18.8 Å². The number of hydrogen-bond donors (Lipinski definition) is 2. The lowest BCUT2D eigenvalue weighted by molar-refractivity contribution is -0.142. The molecule has 1 saturated heterocycles. The van der Waals surface area contributed by atoms with E-state index in [-0.39, 0.29) is 11.8 Å². The van der Waals surface area contributed by atoms with Crippen LogP contribution < -0.4 is 0 Å². The molecule has 1 aliphatic heterocycles. The summed E-state index contributed by atoms with van der Waals surface area (Å²) in [4.78, 5) is 32.4. The lowest BCUT2D eigenvalue weighted by atomic mass is 9.91. The monoisotopic (exact) mass is 450 g/mol. The lowest BCUT2D eigenvalue weighted by Gasteiger charge is -2.32. The maximum absolute atomic E-state index is 13.2. The number of carbonyl (C=O) groups excluding carboxylic acids is 1. The van der Waals surface area contributed by atoms with E-state index in [1.54, 1.807) is 6.07 Å². The van der Waals surface area contributed by atoms with Gasteiger partial charge in [-0.05, 0) is 38.1 Å². The molecule has 0 amide bonds. The lowest BCUT2D eigenvalue weighted by Crippen LogP contribution is -2.37. The predicted molar refractivity (Wildman–Crippen MR) is 113 cm³/mol. The Balaban J connectivity index is 0.000000390. The number of rotatable bonds is 7. The Morgan fingerprint density at radius 1 is 1.25 bits per heavy atom. The Hall–Kier alpha value is -3.27. The van der Waals surface area contributed by atoms with Crippen molar-refractivity contribution in [1.29, 1.82) is 0 Å². The summed E-state index contributed by atoms with van der Waals surface area (Å²) in [6.07, 6.45) is 3.11. The molecule has 0 unspecified atom stereocenters. The molecule has 174 valence electrons. The van der Waals surface area contributed by atoms with Crippen LogP contribution in [0.4, 0.5) is 4.39 Å². The maximum Gasteiger partial charge on any atom is 0.328 e. The quantitative estimate of drug-likeness (QED) is 0.483. The second-order valence-electron chi connectivity index (χ2n) is 7.70. The molecule has 9 nitrogen and oxygen atoms in total. The van der Waals surface area contributed by atoms with Crippen LogP contribution in [0.2, 0.25) is 0 Å². The van der Waals surface area contributed by atoms with E-state index in [0.717, 1.165) is 43.6 Å². The van der Waals surface area contributed by atoms with Gasteiger partial charge in [0.1, 0.15) is 5.82 Å². The third-order valence-corrected chi connectivity index (χ3v) is 4.95. The van der Waals surface area contributed by atoms with E-state index in [4.69, 9.17) is 19.5 Å². The van der Waals surface area contributed by atoms with Gasteiger partial charge in [-0.3, -0.25) is 4.79 Å². The van der Waals surface area contributed by atoms with Crippen molar-refractivity contribution < 1.29 is 38.2 Å². The van der Waals surface area contributed by atoms with Crippen molar-refractivity contribution >= 4 is 28.9 Å².